The number of carbonyl (C=O) groups is 1. The Morgan fingerprint density at radius 1 is 1.24 bits per heavy atom. The third kappa shape index (κ3) is 3.75. The van der Waals surface area contributed by atoms with E-state index in [4.69, 9.17) is 5.73 Å². The number of rotatable bonds is 5. The number of amides is 1. The van der Waals surface area contributed by atoms with Crippen molar-refractivity contribution in [1.82, 2.24) is 0 Å². The molecule has 0 saturated heterocycles. The van der Waals surface area contributed by atoms with Crippen LogP contribution in [0.25, 0.3) is 0 Å². The number of nitrogens with two attached hydrogens (primary N) is 1. The maximum absolute atomic E-state index is 13.3. The summed E-state index contributed by atoms with van der Waals surface area (Å²) in [5, 5.41) is 13.6. The minimum Gasteiger partial charge on any atom is -0.381 e. The Morgan fingerprint density at radius 3 is 2.48 bits per heavy atom. The van der Waals surface area contributed by atoms with Crippen molar-refractivity contribution in [2.45, 2.75) is 6.54 Å². The summed E-state index contributed by atoms with van der Waals surface area (Å²) in [6, 6.07) is 9.79. The van der Waals surface area contributed by atoms with Crippen molar-refractivity contribution < 1.29 is 14.1 Å². The molecule has 0 fully saturated rings. The first kappa shape index (κ1) is 14.4. The maximum Gasteiger partial charge on any atom is 0.272 e. The fourth-order valence-electron chi connectivity index (χ4n) is 1.80. The summed E-state index contributed by atoms with van der Waals surface area (Å²) < 4.78 is 13.3. The van der Waals surface area contributed by atoms with Gasteiger partial charge in [-0.15, -0.1) is 0 Å². The molecule has 21 heavy (non-hydrogen) atoms. The normalized spacial score (nSPS) is 10.1. The van der Waals surface area contributed by atoms with Crippen molar-refractivity contribution in [3.8, 4) is 0 Å². The highest BCUT2D eigenvalue weighted by molar-refractivity contribution is 5.93. The number of halogens is 1. The lowest BCUT2D eigenvalue weighted by molar-refractivity contribution is -0.385. The van der Waals surface area contributed by atoms with Crippen LogP contribution in [0.15, 0.2) is 42.5 Å². The van der Waals surface area contributed by atoms with Crippen LogP contribution in [0, 0.1) is 15.9 Å². The van der Waals surface area contributed by atoms with E-state index in [1.54, 1.807) is 24.3 Å². The lowest BCUT2D eigenvalue weighted by atomic mass is 10.1. The highest BCUT2D eigenvalue weighted by Gasteiger charge is 2.09. The topological polar surface area (TPSA) is 98.3 Å². The molecule has 0 atom stereocenters. The smallest absolute Gasteiger partial charge is 0.272 e. The van der Waals surface area contributed by atoms with Gasteiger partial charge in [0.05, 0.1) is 11.0 Å². The van der Waals surface area contributed by atoms with E-state index in [9.17, 15) is 19.3 Å². The van der Waals surface area contributed by atoms with Crippen LogP contribution in [0.1, 0.15) is 15.9 Å². The third-order valence-electron chi connectivity index (χ3n) is 2.82. The molecular weight excluding hydrogens is 277 g/mol. The predicted octanol–water partition coefficient (Wildman–Crippen LogP) is 2.44. The van der Waals surface area contributed by atoms with Gasteiger partial charge in [0.25, 0.3) is 5.69 Å². The average Bonchev–Trinajstić information content (AvgIpc) is 2.45. The summed E-state index contributed by atoms with van der Waals surface area (Å²) in [6.45, 7) is 0.217. The third-order valence-corrected chi connectivity index (χ3v) is 2.82. The Hall–Kier alpha value is -2.96. The van der Waals surface area contributed by atoms with Gasteiger partial charge in [0.15, 0.2) is 0 Å². The molecular formula is C14H12FN3O3. The van der Waals surface area contributed by atoms with E-state index in [1.807, 2.05) is 0 Å². The van der Waals surface area contributed by atoms with Gasteiger partial charge in [-0.3, -0.25) is 14.9 Å². The molecule has 0 spiro atoms. The fourth-order valence-corrected chi connectivity index (χ4v) is 1.80. The van der Waals surface area contributed by atoms with Crippen LogP contribution in [-0.2, 0) is 6.54 Å². The number of primary amides is 1. The number of hydrogen-bond acceptors (Lipinski definition) is 4. The van der Waals surface area contributed by atoms with Crippen LogP contribution in [0.2, 0.25) is 0 Å². The van der Waals surface area contributed by atoms with E-state index in [-0.39, 0.29) is 12.2 Å². The van der Waals surface area contributed by atoms with Gasteiger partial charge >= 0.3 is 0 Å². The molecule has 2 aromatic carbocycles. The quantitative estimate of drug-likeness (QED) is 0.652. The number of nitro groups is 1. The van der Waals surface area contributed by atoms with Crippen molar-refractivity contribution in [2.75, 3.05) is 5.32 Å². The van der Waals surface area contributed by atoms with Gasteiger partial charge in [0.2, 0.25) is 5.91 Å². The van der Waals surface area contributed by atoms with Gasteiger partial charge in [-0.2, -0.15) is 0 Å². The van der Waals surface area contributed by atoms with E-state index < -0.39 is 16.6 Å². The van der Waals surface area contributed by atoms with Gasteiger partial charge in [-0.1, -0.05) is 0 Å². The summed E-state index contributed by atoms with van der Waals surface area (Å²) in [5.41, 5.74) is 6.34. The lowest BCUT2D eigenvalue weighted by Gasteiger charge is -2.07. The summed E-state index contributed by atoms with van der Waals surface area (Å²) in [7, 11) is 0. The van der Waals surface area contributed by atoms with Crippen molar-refractivity contribution in [1.29, 1.82) is 0 Å². The molecule has 0 aliphatic heterocycles. The Bertz CT molecular complexity index is 686. The molecule has 3 N–H and O–H groups in total. The number of carbonyl (C=O) groups excluding carboxylic acids is 1. The highest BCUT2D eigenvalue weighted by Crippen LogP contribution is 2.18. The zero-order valence-corrected chi connectivity index (χ0v) is 10.9. The first-order valence-electron chi connectivity index (χ1n) is 6.03. The van der Waals surface area contributed by atoms with Gasteiger partial charge in [-0.25, -0.2) is 4.39 Å². The Labute approximate surface area is 119 Å². The van der Waals surface area contributed by atoms with Crippen molar-refractivity contribution >= 4 is 17.3 Å². The number of benzene rings is 2. The van der Waals surface area contributed by atoms with Crippen molar-refractivity contribution in [2.24, 2.45) is 5.73 Å². The molecule has 0 unspecified atom stereocenters. The zero-order chi connectivity index (χ0) is 15.4. The maximum atomic E-state index is 13.3. The molecule has 0 radical (unpaired) electrons. The Morgan fingerprint density at radius 2 is 1.90 bits per heavy atom. The molecule has 0 aliphatic rings. The van der Waals surface area contributed by atoms with E-state index in [0.29, 0.717) is 16.8 Å². The molecule has 0 bridgehead atoms. The highest BCUT2D eigenvalue weighted by atomic mass is 19.1. The van der Waals surface area contributed by atoms with Crippen molar-refractivity contribution in [3.05, 3.63) is 69.5 Å². The first-order valence-corrected chi connectivity index (χ1v) is 6.03. The summed E-state index contributed by atoms with van der Waals surface area (Å²) >= 11 is 0. The summed E-state index contributed by atoms with van der Waals surface area (Å²) in [5.74, 6) is -1.19. The lowest BCUT2D eigenvalue weighted by Crippen LogP contribution is -2.10. The number of hydrogen-bond donors (Lipinski definition) is 2. The monoisotopic (exact) mass is 289 g/mol. The minimum absolute atomic E-state index is 0.217. The Balaban J connectivity index is 2.09. The molecule has 0 aliphatic carbocycles. The second-order valence-corrected chi connectivity index (χ2v) is 4.37. The van der Waals surface area contributed by atoms with E-state index in [0.717, 1.165) is 6.07 Å². The zero-order valence-electron chi connectivity index (χ0n) is 10.9. The van der Waals surface area contributed by atoms with Gasteiger partial charge < -0.3 is 11.1 Å². The van der Waals surface area contributed by atoms with Gasteiger partial charge in [0.1, 0.15) is 5.82 Å². The SMILES string of the molecule is NC(=O)c1ccc(NCc2cc(F)cc([N+](=O)[O-])c2)cc1. The number of non-ortho nitro benzene ring substituents is 1. The molecule has 0 aromatic heterocycles. The van der Waals surface area contributed by atoms with Crippen LogP contribution in [-0.4, -0.2) is 10.8 Å². The van der Waals surface area contributed by atoms with E-state index in [1.165, 1.54) is 12.1 Å². The largest absolute Gasteiger partial charge is 0.381 e. The van der Waals surface area contributed by atoms with Crippen LogP contribution >= 0.6 is 0 Å². The summed E-state index contributed by atoms with van der Waals surface area (Å²) in [4.78, 5) is 20.9. The molecule has 6 nitrogen and oxygen atoms in total. The second-order valence-electron chi connectivity index (χ2n) is 4.37. The number of nitro benzene ring substituents is 1. The minimum atomic E-state index is -0.662. The second kappa shape index (κ2) is 6.00. The van der Waals surface area contributed by atoms with Crippen LogP contribution in [0.3, 0.4) is 0 Å². The van der Waals surface area contributed by atoms with Gasteiger partial charge in [0, 0.05) is 23.9 Å². The van der Waals surface area contributed by atoms with Gasteiger partial charge in [-0.05, 0) is 35.9 Å². The Kier molecular flexibility index (Phi) is 4.13. The number of anilines is 1. The molecule has 7 heteroatoms. The number of nitrogens with zero attached hydrogens (tertiary/aromatic N) is 1. The molecule has 1 amide bonds. The van der Waals surface area contributed by atoms with E-state index in [2.05, 4.69) is 5.32 Å². The van der Waals surface area contributed by atoms with Crippen LogP contribution in [0.5, 0.6) is 0 Å². The average molecular weight is 289 g/mol. The van der Waals surface area contributed by atoms with E-state index >= 15 is 0 Å². The van der Waals surface area contributed by atoms with Crippen LogP contribution < -0.4 is 11.1 Å². The molecule has 2 aromatic rings. The summed E-state index contributed by atoms with van der Waals surface area (Å²) in [6.07, 6.45) is 0. The first-order chi connectivity index (χ1) is 9.95. The molecule has 0 heterocycles. The molecule has 0 saturated carbocycles. The standard InChI is InChI=1S/C14H12FN3O3/c15-11-5-9(6-13(7-11)18(20)21)8-17-12-3-1-10(2-4-12)14(16)19/h1-7,17H,8H2,(H2,16,19). The fraction of sp³-hybridized carbons (Fsp3) is 0.0714. The molecule has 2 rings (SSSR count). The van der Waals surface area contributed by atoms with Crippen LogP contribution in [0.4, 0.5) is 15.8 Å². The predicted molar refractivity (Wildman–Crippen MR) is 75.3 cm³/mol. The number of nitrogens with one attached hydrogen (secondary N) is 1. The molecule has 108 valence electrons. The van der Waals surface area contributed by atoms with Crippen molar-refractivity contribution in [3.63, 3.8) is 0 Å².